The molecule has 2 unspecified atom stereocenters. The molecule has 0 saturated carbocycles. The van der Waals surface area contributed by atoms with Crippen molar-refractivity contribution in [2.45, 2.75) is 26.0 Å². The Morgan fingerprint density at radius 1 is 1.29 bits per heavy atom. The van der Waals surface area contributed by atoms with Crippen molar-refractivity contribution in [1.29, 1.82) is 0 Å². The molecular formula is C14H15NOS. The van der Waals surface area contributed by atoms with Crippen LogP contribution >= 0.6 is 11.3 Å². The molecule has 2 atom stereocenters. The number of aryl methyl sites for hydroxylation is 1. The van der Waals surface area contributed by atoms with Crippen LogP contribution in [0.15, 0.2) is 35.7 Å². The maximum atomic E-state index is 6.09. The predicted molar refractivity (Wildman–Crippen MR) is 72.0 cm³/mol. The highest BCUT2D eigenvalue weighted by atomic mass is 32.1. The van der Waals surface area contributed by atoms with Gasteiger partial charge in [0.05, 0.1) is 11.7 Å². The molecule has 0 aliphatic carbocycles. The summed E-state index contributed by atoms with van der Waals surface area (Å²) in [5.41, 5.74) is 2.35. The van der Waals surface area contributed by atoms with Crippen LogP contribution in [0.25, 0.3) is 0 Å². The summed E-state index contributed by atoms with van der Waals surface area (Å²) in [6.45, 7) is 4.26. The number of thiophene rings is 1. The van der Waals surface area contributed by atoms with Crippen molar-refractivity contribution in [1.82, 2.24) is 0 Å². The van der Waals surface area contributed by atoms with Crippen LogP contribution in [0.4, 0.5) is 5.69 Å². The van der Waals surface area contributed by atoms with Gasteiger partial charge in [-0.15, -0.1) is 11.3 Å². The lowest BCUT2D eigenvalue weighted by Crippen LogP contribution is -2.32. The fourth-order valence-corrected chi connectivity index (χ4v) is 3.03. The van der Waals surface area contributed by atoms with E-state index in [1.165, 1.54) is 10.4 Å². The third-order valence-electron chi connectivity index (χ3n) is 3.05. The minimum absolute atomic E-state index is 0.116. The summed E-state index contributed by atoms with van der Waals surface area (Å²) in [5.74, 6) is 0.951. The SMILES string of the molecule is Cc1ccc2c(c1)NC(C)C(c1cccs1)O2. The minimum Gasteiger partial charge on any atom is -0.481 e. The quantitative estimate of drug-likeness (QED) is 0.820. The molecule has 88 valence electrons. The molecule has 1 aliphatic rings. The second-order valence-corrected chi connectivity index (χ2v) is 5.47. The van der Waals surface area contributed by atoms with Gasteiger partial charge in [0.2, 0.25) is 0 Å². The first-order valence-corrected chi connectivity index (χ1v) is 6.69. The predicted octanol–water partition coefficient (Wildman–Crippen LogP) is 3.99. The van der Waals surface area contributed by atoms with Gasteiger partial charge in [-0.2, -0.15) is 0 Å². The van der Waals surface area contributed by atoms with Gasteiger partial charge in [-0.25, -0.2) is 0 Å². The summed E-state index contributed by atoms with van der Waals surface area (Å²) >= 11 is 1.75. The molecule has 0 bridgehead atoms. The van der Waals surface area contributed by atoms with Gasteiger partial charge in [-0.3, -0.25) is 0 Å². The van der Waals surface area contributed by atoms with Crippen LogP contribution in [0.2, 0.25) is 0 Å². The molecule has 0 fully saturated rings. The van der Waals surface area contributed by atoms with Gasteiger partial charge in [-0.05, 0) is 43.0 Å². The van der Waals surface area contributed by atoms with Crippen LogP contribution in [-0.4, -0.2) is 6.04 Å². The zero-order valence-electron chi connectivity index (χ0n) is 9.94. The average Bonchev–Trinajstić information content (AvgIpc) is 2.81. The Bertz CT molecular complexity index is 521. The van der Waals surface area contributed by atoms with Crippen LogP contribution in [0, 0.1) is 6.92 Å². The standard InChI is InChI=1S/C14H15NOS/c1-9-5-6-12-11(8-9)15-10(2)14(16-12)13-4-3-7-17-13/h3-8,10,14-15H,1-2H3. The Labute approximate surface area is 105 Å². The Balaban J connectivity index is 1.95. The first kappa shape index (κ1) is 10.7. The van der Waals surface area contributed by atoms with E-state index in [2.05, 4.69) is 48.8 Å². The summed E-state index contributed by atoms with van der Waals surface area (Å²) in [6, 6.07) is 10.8. The number of hydrogen-bond acceptors (Lipinski definition) is 3. The third-order valence-corrected chi connectivity index (χ3v) is 3.98. The van der Waals surface area contributed by atoms with Gasteiger partial charge in [-0.1, -0.05) is 12.1 Å². The second-order valence-electron chi connectivity index (χ2n) is 4.49. The maximum absolute atomic E-state index is 6.09. The minimum atomic E-state index is 0.116. The zero-order valence-corrected chi connectivity index (χ0v) is 10.8. The summed E-state index contributed by atoms with van der Waals surface area (Å²) in [4.78, 5) is 1.27. The van der Waals surface area contributed by atoms with Crippen LogP contribution in [0.3, 0.4) is 0 Å². The molecular weight excluding hydrogens is 230 g/mol. The molecule has 1 N–H and O–H groups in total. The normalized spacial score (nSPS) is 22.5. The number of hydrogen-bond donors (Lipinski definition) is 1. The van der Waals surface area contributed by atoms with E-state index in [4.69, 9.17) is 4.74 Å². The second kappa shape index (κ2) is 4.08. The van der Waals surface area contributed by atoms with E-state index >= 15 is 0 Å². The van der Waals surface area contributed by atoms with Crippen LogP contribution in [0.1, 0.15) is 23.5 Å². The summed E-state index contributed by atoms with van der Waals surface area (Å²) in [5, 5.41) is 5.61. The molecule has 3 heteroatoms. The van der Waals surface area contributed by atoms with Crippen molar-refractivity contribution >= 4 is 17.0 Å². The molecule has 17 heavy (non-hydrogen) atoms. The summed E-state index contributed by atoms with van der Waals surface area (Å²) < 4.78 is 6.09. The van der Waals surface area contributed by atoms with Crippen molar-refractivity contribution in [3.63, 3.8) is 0 Å². The van der Waals surface area contributed by atoms with Gasteiger partial charge in [0, 0.05) is 4.88 Å². The molecule has 1 aromatic carbocycles. The lowest BCUT2D eigenvalue weighted by Gasteiger charge is -2.32. The molecule has 0 spiro atoms. The van der Waals surface area contributed by atoms with Gasteiger partial charge in [0.1, 0.15) is 5.75 Å². The first-order chi connectivity index (χ1) is 8.24. The first-order valence-electron chi connectivity index (χ1n) is 5.81. The molecule has 0 radical (unpaired) electrons. The van der Waals surface area contributed by atoms with Crippen molar-refractivity contribution in [2.75, 3.05) is 5.32 Å². The van der Waals surface area contributed by atoms with Crippen molar-refractivity contribution in [2.24, 2.45) is 0 Å². The smallest absolute Gasteiger partial charge is 0.153 e. The largest absolute Gasteiger partial charge is 0.481 e. The van der Waals surface area contributed by atoms with E-state index < -0.39 is 0 Å². The lowest BCUT2D eigenvalue weighted by atomic mass is 10.1. The van der Waals surface area contributed by atoms with Crippen LogP contribution in [-0.2, 0) is 0 Å². The number of ether oxygens (including phenoxy) is 1. The molecule has 3 rings (SSSR count). The van der Waals surface area contributed by atoms with Crippen molar-refractivity contribution in [3.8, 4) is 5.75 Å². The van der Waals surface area contributed by atoms with Crippen molar-refractivity contribution in [3.05, 3.63) is 46.2 Å². The highest BCUT2D eigenvalue weighted by Gasteiger charge is 2.28. The van der Waals surface area contributed by atoms with E-state index in [-0.39, 0.29) is 6.10 Å². The van der Waals surface area contributed by atoms with E-state index in [1.807, 2.05) is 6.07 Å². The molecule has 0 amide bonds. The number of fused-ring (bicyclic) bond motifs is 1. The van der Waals surface area contributed by atoms with Gasteiger partial charge >= 0.3 is 0 Å². The lowest BCUT2D eigenvalue weighted by molar-refractivity contribution is 0.181. The highest BCUT2D eigenvalue weighted by molar-refractivity contribution is 7.10. The molecule has 2 aromatic rings. The fraction of sp³-hybridized carbons (Fsp3) is 0.286. The van der Waals surface area contributed by atoms with E-state index in [9.17, 15) is 0 Å². The van der Waals surface area contributed by atoms with E-state index in [0.717, 1.165) is 11.4 Å². The number of nitrogens with one attached hydrogen (secondary N) is 1. The average molecular weight is 245 g/mol. The third kappa shape index (κ3) is 1.91. The number of rotatable bonds is 1. The molecule has 0 saturated heterocycles. The molecule has 2 nitrogen and oxygen atoms in total. The van der Waals surface area contributed by atoms with Gasteiger partial charge in [0.25, 0.3) is 0 Å². The van der Waals surface area contributed by atoms with Gasteiger partial charge in [0.15, 0.2) is 6.10 Å². The van der Waals surface area contributed by atoms with E-state index in [1.54, 1.807) is 11.3 Å². The van der Waals surface area contributed by atoms with Crippen LogP contribution < -0.4 is 10.1 Å². The van der Waals surface area contributed by atoms with Gasteiger partial charge < -0.3 is 10.1 Å². The maximum Gasteiger partial charge on any atom is 0.153 e. The topological polar surface area (TPSA) is 21.3 Å². The number of benzene rings is 1. The van der Waals surface area contributed by atoms with Crippen molar-refractivity contribution < 1.29 is 4.74 Å². The molecule has 1 aliphatic heterocycles. The highest BCUT2D eigenvalue weighted by Crippen LogP contribution is 2.38. The Morgan fingerprint density at radius 2 is 2.18 bits per heavy atom. The van der Waals surface area contributed by atoms with Crippen LogP contribution in [0.5, 0.6) is 5.75 Å². The zero-order chi connectivity index (χ0) is 11.8. The van der Waals surface area contributed by atoms with E-state index in [0.29, 0.717) is 6.04 Å². The fourth-order valence-electron chi connectivity index (χ4n) is 2.18. The monoisotopic (exact) mass is 245 g/mol. The Morgan fingerprint density at radius 3 is 2.94 bits per heavy atom. The Kier molecular flexibility index (Phi) is 2.56. The molecule has 2 heterocycles. The summed E-state index contributed by atoms with van der Waals surface area (Å²) in [7, 11) is 0. The number of anilines is 1. The summed E-state index contributed by atoms with van der Waals surface area (Å²) in [6.07, 6.45) is 0.116. The molecule has 1 aromatic heterocycles. The Hall–Kier alpha value is -1.48.